The van der Waals surface area contributed by atoms with Gasteiger partial charge in [0.05, 0.1) is 3.57 Å². The summed E-state index contributed by atoms with van der Waals surface area (Å²) in [5.41, 5.74) is 0. The van der Waals surface area contributed by atoms with Crippen molar-refractivity contribution in [3.05, 3.63) is 21.8 Å². The molecule has 0 bridgehead atoms. The fraction of sp³-hybridized carbons (Fsp3) is 0.500. The lowest BCUT2D eigenvalue weighted by molar-refractivity contribution is 0.0196. The van der Waals surface area contributed by atoms with Crippen LogP contribution in [-0.4, -0.2) is 26.8 Å². The molecule has 1 rings (SSSR count). The van der Waals surface area contributed by atoms with Crippen molar-refractivity contribution in [3.8, 4) is 11.5 Å². The van der Waals surface area contributed by atoms with E-state index in [1.165, 1.54) is 0 Å². The van der Waals surface area contributed by atoms with E-state index in [9.17, 15) is 0 Å². The molecule has 5 heteroatoms. The van der Waals surface area contributed by atoms with E-state index in [0.29, 0.717) is 13.2 Å². The molecule has 0 heterocycles. The van der Waals surface area contributed by atoms with Crippen molar-refractivity contribution >= 4 is 22.6 Å². The highest BCUT2D eigenvalue weighted by atomic mass is 127. The summed E-state index contributed by atoms with van der Waals surface area (Å²) < 4.78 is 22.1. The zero-order valence-corrected chi connectivity index (χ0v) is 12.2. The van der Waals surface area contributed by atoms with Crippen molar-refractivity contribution in [2.75, 3.05) is 26.8 Å². The monoisotopic (exact) mass is 352 g/mol. The van der Waals surface area contributed by atoms with Gasteiger partial charge < -0.3 is 18.9 Å². The Balaban J connectivity index is 2.47. The first kappa shape index (κ1) is 14.5. The second-order valence-corrected chi connectivity index (χ2v) is 4.26. The molecule has 1 aromatic rings. The van der Waals surface area contributed by atoms with Gasteiger partial charge in [-0.25, -0.2) is 0 Å². The standard InChI is InChI=1S/C12H17IO4/c1-3-14-8-16-10-5-6-12(11(13)7-10)17-9-15-4-2/h5-7H,3-4,8-9H2,1-2H3. The largest absolute Gasteiger partial charge is 0.468 e. The molecule has 0 aliphatic carbocycles. The third kappa shape index (κ3) is 5.56. The van der Waals surface area contributed by atoms with E-state index < -0.39 is 0 Å². The van der Waals surface area contributed by atoms with Gasteiger partial charge >= 0.3 is 0 Å². The van der Waals surface area contributed by atoms with Gasteiger partial charge in [-0.05, 0) is 54.6 Å². The zero-order chi connectivity index (χ0) is 12.5. The molecule has 0 aliphatic heterocycles. The molecule has 0 unspecified atom stereocenters. The van der Waals surface area contributed by atoms with Gasteiger partial charge in [0.25, 0.3) is 0 Å². The molecule has 0 fully saturated rings. The fourth-order valence-electron chi connectivity index (χ4n) is 1.07. The van der Waals surface area contributed by atoms with Gasteiger partial charge in [-0.2, -0.15) is 0 Å². The van der Waals surface area contributed by atoms with E-state index in [4.69, 9.17) is 18.9 Å². The lowest BCUT2D eigenvalue weighted by Gasteiger charge is -2.10. The van der Waals surface area contributed by atoms with Crippen LogP contribution in [0.15, 0.2) is 18.2 Å². The van der Waals surface area contributed by atoms with Crippen molar-refractivity contribution in [3.63, 3.8) is 0 Å². The number of halogens is 1. The average molecular weight is 352 g/mol. The highest BCUT2D eigenvalue weighted by Crippen LogP contribution is 2.25. The minimum absolute atomic E-state index is 0.269. The molecule has 1 aromatic carbocycles. The van der Waals surface area contributed by atoms with Crippen LogP contribution in [0.25, 0.3) is 0 Å². The summed E-state index contributed by atoms with van der Waals surface area (Å²) in [6, 6.07) is 5.62. The minimum atomic E-state index is 0.269. The molecule has 0 saturated carbocycles. The quantitative estimate of drug-likeness (QED) is 0.409. The van der Waals surface area contributed by atoms with Crippen LogP contribution < -0.4 is 9.47 Å². The van der Waals surface area contributed by atoms with Crippen LogP contribution in [0.3, 0.4) is 0 Å². The van der Waals surface area contributed by atoms with E-state index in [2.05, 4.69) is 22.6 Å². The van der Waals surface area contributed by atoms with Gasteiger partial charge in [-0.1, -0.05) is 0 Å². The molecule has 0 N–H and O–H groups in total. The van der Waals surface area contributed by atoms with Crippen molar-refractivity contribution in [1.82, 2.24) is 0 Å². The Hall–Kier alpha value is -0.530. The smallest absolute Gasteiger partial charge is 0.189 e. The Bertz CT molecular complexity index is 330. The summed E-state index contributed by atoms with van der Waals surface area (Å²) in [4.78, 5) is 0. The van der Waals surface area contributed by atoms with Crippen LogP contribution >= 0.6 is 22.6 Å². The SMILES string of the molecule is CCOCOc1ccc(OCOCC)c(I)c1. The maximum Gasteiger partial charge on any atom is 0.189 e. The molecule has 0 saturated heterocycles. The number of hydrogen-bond acceptors (Lipinski definition) is 4. The average Bonchev–Trinajstić information content (AvgIpc) is 2.32. The van der Waals surface area contributed by atoms with Gasteiger partial charge in [0.15, 0.2) is 13.6 Å². The van der Waals surface area contributed by atoms with Gasteiger partial charge in [-0.15, -0.1) is 0 Å². The lowest BCUT2D eigenvalue weighted by Crippen LogP contribution is -2.04. The van der Waals surface area contributed by atoms with E-state index in [1.807, 2.05) is 32.0 Å². The van der Waals surface area contributed by atoms with Crippen LogP contribution in [0.1, 0.15) is 13.8 Å². The molecule has 0 aliphatic rings. The molecule has 96 valence electrons. The van der Waals surface area contributed by atoms with E-state index in [0.717, 1.165) is 15.1 Å². The van der Waals surface area contributed by atoms with Crippen molar-refractivity contribution in [1.29, 1.82) is 0 Å². The number of hydrogen-bond donors (Lipinski definition) is 0. The van der Waals surface area contributed by atoms with E-state index >= 15 is 0 Å². The highest BCUT2D eigenvalue weighted by molar-refractivity contribution is 14.1. The van der Waals surface area contributed by atoms with Crippen molar-refractivity contribution in [2.45, 2.75) is 13.8 Å². The molecule has 0 radical (unpaired) electrons. The Labute approximate surface area is 115 Å². The van der Waals surface area contributed by atoms with Gasteiger partial charge in [0, 0.05) is 13.2 Å². The highest BCUT2D eigenvalue weighted by Gasteiger charge is 2.03. The molecule has 0 atom stereocenters. The van der Waals surface area contributed by atoms with Crippen molar-refractivity contribution in [2.24, 2.45) is 0 Å². The molecule has 0 aromatic heterocycles. The van der Waals surface area contributed by atoms with E-state index in [-0.39, 0.29) is 13.6 Å². The summed E-state index contributed by atoms with van der Waals surface area (Å²) in [6.45, 7) is 5.69. The van der Waals surface area contributed by atoms with Gasteiger partial charge in [0.2, 0.25) is 0 Å². The molecule has 0 amide bonds. The predicted octanol–water partition coefficient (Wildman–Crippen LogP) is 3.04. The molecule has 0 spiro atoms. The summed E-state index contributed by atoms with van der Waals surface area (Å²) in [5, 5.41) is 0. The molecule has 4 nitrogen and oxygen atoms in total. The Morgan fingerprint density at radius 3 is 2.24 bits per heavy atom. The van der Waals surface area contributed by atoms with Gasteiger partial charge in [0.1, 0.15) is 11.5 Å². The summed E-state index contributed by atoms with van der Waals surface area (Å²) in [5.74, 6) is 1.56. The first-order valence-corrected chi connectivity index (χ1v) is 6.56. The van der Waals surface area contributed by atoms with Gasteiger partial charge in [-0.3, -0.25) is 0 Å². The normalized spacial score (nSPS) is 10.3. The maximum absolute atomic E-state index is 5.44. The molecule has 17 heavy (non-hydrogen) atoms. The Kier molecular flexibility index (Phi) is 7.30. The number of rotatable bonds is 8. The third-order valence-electron chi connectivity index (χ3n) is 1.92. The summed E-state index contributed by atoms with van der Waals surface area (Å²) >= 11 is 2.20. The van der Waals surface area contributed by atoms with Crippen LogP contribution in [0.2, 0.25) is 0 Å². The maximum atomic E-state index is 5.44. The van der Waals surface area contributed by atoms with E-state index in [1.54, 1.807) is 0 Å². The predicted molar refractivity (Wildman–Crippen MR) is 73.4 cm³/mol. The Morgan fingerprint density at radius 2 is 1.65 bits per heavy atom. The topological polar surface area (TPSA) is 36.9 Å². The first-order chi connectivity index (χ1) is 8.27. The molecular weight excluding hydrogens is 335 g/mol. The van der Waals surface area contributed by atoms with Crippen LogP contribution in [0.4, 0.5) is 0 Å². The van der Waals surface area contributed by atoms with Crippen molar-refractivity contribution < 1.29 is 18.9 Å². The van der Waals surface area contributed by atoms with Crippen LogP contribution in [-0.2, 0) is 9.47 Å². The fourth-order valence-corrected chi connectivity index (χ4v) is 1.71. The van der Waals surface area contributed by atoms with Crippen LogP contribution in [0.5, 0.6) is 11.5 Å². The number of ether oxygens (including phenoxy) is 4. The number of benzene rings is 1. The summed E-state index contributed by atoms with van der Waals surface area (Å²) in [6.07, 6.45) is 0. The lowest BCUT2D eigenvalue weighted by atomic mass is 10.3. The first-order valence-electron chi connectivity index (χ1n) is 5.48. The second-order valence-electron chi connectivity index (χ2n) is 3.10. The third-order valence-corrected chi connectivity index (χ3v) is 2.76. The molecular formula is C12H17IO4. The second kappa shape index (κ2) is 8.54. The summed E-state index contributed by atoms with van der Waals surface area (Å²) in [7, 11) is 0. The minimum Gasteiger partial charge on any atom is -0.468 e. The Morgan fingerprint density at radius 1 is 1.00 bits per heavy atom. The van der Waals surface area contributed by atoms with Crippen LogP contribution in [0, 0.1) is 3.57 Å². The zero-order valence-electron chi connectivity index (χ0n) is 10.1.